The van der Waals surface area contributed by atoms with Crippen LogP contribution in [0, 0.1) is 0 Å². The van der Waals surface area contributed by atoms with Gasteiger partial charge in [-0.3, -0.25) is 4.79 Å². The van der Waals surface area contributed by atoms with Crippen LogP contribution in [-0.2, 0) is 9.53 Å². The summed E-state index contributed by atoms with van der Waals surface area (Å²) >= 11 is 0. The first-order valence-electron chi connectivity index (χ1n) is 7.06. The summed E-state index contributed by atoms with van der Waals surface area (Å²) in [6, 6.07) is 9.68. The van der Waals surface area contributed by atoms with Crippen molar-refractivity contribution in [3.63, 3.8) is 0 Å². The van der Waals surface area contributed by atoms with Gasteiger partial charge < -0.3 is 20.5 Å². The Morgan fingerprint density at radius 3 is 2.81 bits per heavy atom. The molecule has 1 aromatic carbocycles. The van der Waals surface area contributed by atoms with Crippen molar-refractivity contribution in [2.24, 2.45) is 0 Å². The van der Waals surface area contributed by atoms with Crippen molar-refractivity contribution < 1.29 is 14.6 Å². The number of hydrogen-bond acceptors (Lipinski definition) is 4. The molecule has 1 aromatic rings. The minimum atomic E-state index is -0.269. The average Bonchev–Trinajstić information content (AvgIpc) is 2.53. The maximum atomic E-state index is 12.0. The number of carbonyl (C=O) groups is 1. The molecule has 1 saturated heterocycles. The second-order valence-corrected chi connectivity index (χ2v) is 4.95. The number of nitrogens with one attached hydrogen (secondary N) is 2. The van der Waals surface area contributed by atoms with Crippen LogP contribution >= 0.6 is 12.4 Å². The normalized spacial score (nSPS) is 19.4. The van der Waals surface area contributed by atoms with Gasteiger partial charge in [-0.25, -0.2) is 0 Å². The number of ether oxygens (including phenoxy) is 1. The molecular formula is C15H23ClN2O3. The van der Waals surface area contributed by atoms with E-state index in [4.69, 9.17) is 9.84 Å². The summed E-state index contributed by atoms with van der Waals surface area (Å²) in [5.74, 6) is 0.0956. The van der Waals surface area contributed by atoms with Crippen LogP contribution in [0.1, 0.15) is 17.9 Å². The molecule has 118 valence electrons. The summed E-state index contributed by atoms with van der Waals surface area (Å²) in [7, 11) is 0. The third-order valence-corrected chi connectivity index (χ3v) is 3.51. The molecule has 2 rings (SSSR count). The highest BCUT2D eigenvalue weighted by Crippen LogP contribution is 2.18. The van der Waals surface area contributed by atoms with Crippen molar-refractivity contribution in [1.82, 2.24) is 10.6 Å². The fourth-order valence-corrected chi connectivity index (χ4v) is 2.35. The number of benzene rings is 1. The van der Waals surface area contributed by atoms with Crippen LogP contribution in [0.4, 0.5) is 0 Å². The Balaban J connectivity index is 0.00000220. The molecule has 1 fully saturated rings. The number of halogens is 1. The first-order valence-corrected chi connectivity index (χ1v) is 7.06. The van der Waals surface area contributed by atoms with Crippen LogP contribution in [0.15, 0.2) is 30.3 Å². The zero-order valence-corrected chi connectivity index (χ0v) is 12.8. The molecule has 2 unspecified atom stereocenters. The van der Waals surface area contributed by atoms with E-state index >= 15 is 0 Å². The lowest BCUT2D eigenvalue weighted by Gasteiger charge is -2.24. The van der Waals surface area contributed by atoms with E-state index in [9.17, 15) is 4.79 Å². The molecule has 5 nitrogen and oxygen atoms in total. The Hall–Kier alpha value is -1.14. The lowest BCUT2D eigenvalue weighted by atomic mass is 9.96. The smallest absolute Gasteiger partial charge is 0.239 e. The van der Waals surface area contributed by atoms with E-state index < -0.39 is 0 Å². The van der Waals surface area contributed by atoms with Gasteiger partial charge in [0.15, 0.2) is 0 Å². The van der Waals surface area contributed by atoms with Gasteiger partial charge >= 0.3 is 0 Å². The third-order valence-electron chi connectivity index (χ3n) is 3.51. The van der Waals surface area contributed by atoms with Crippen molar-refractivity contribution in [3.05, 3.63) is 35.9 Å². The number of morpholine rings is 1. The lowest BCUT2D eigenvalue weighted by molar-refractivity contribution is -0.126. The van der Waals surface area contributed by atoms with Gasteiger partial charge in [-0.1, -0.05) is 30.3 Å². The topological polar surface area (TPSA) is 70.6 Å². The van der Waals surface area contributed by atoms with Crippen LogP contribution in [0.3, 0.4) is 0 Å². The van der Waals surface area contributed by atoms with Gasteiger partial charge in [0.05, 0.1) is 13.2 Å². The molecule has 1 amide bonds. The van der Waals surface area contributed by atoms with E-state index in [0.29, 0.717) is 32.7 Å². The SMILES string of the molecule is Cl.O=C(NCC(CCO)c1ccccc1)C1COCCN1. The molecule has 1 heterocycles. The highest BCUT2D eigenvalue weighted by Gasteiger charge is 2.22. The zero-order chi connectivity index (χ0) is 14.2. The average molecular weight is 315 g/mol. The second kappa shape index (κ2) is 9.73. The summed E-state index contributed by atoms with van der Waals surface area (Å²) in [5.41, 5.74) is 1.13. The van der Waals surface area contributed by atoms with Gasteiger partial charge in [-0.15, -0.1) is 12.4 Å². The molecule has 0 radical (unpaired) electrons. The van der Waals surface area contributed by atoms with Gasteiger partial charge in [-0.2, -0.15) is 0 Å². The molecule has 0 aliphatic carbocycles. The van der Waals surface area contributed by atoms with Crippen molar-refractivity contribution >= 4 is 18.3 Å². The maximum Gasteiger partial charge on any atom is 0.239 e. The summed E-state index contributed by atoms with van der Waals surface area (Å²) in [6.45, 7) is 2.42. The molecule has 0 spiro atoms. The number of carbonyl (C=O) groups excluding carboxylic acids is 1. The van der Waals surface area contributed by atoms with Crippen molar-refractivity contribution in [1.29, 1.82) is 0 Å². The highest BCUT2D eigenvalue weighted by atomic mass is 35.5. The van der Waals surface area contributed by atoms with Crippen molar-refractivity contribution in [3.8, 4) is 0 Å². The first kappa shape index (κ1) is 17.9. The Bertz CT molecular complexity index is 411. The van der Waals surface area contributed by atoms with Crippen molar-refractivity contribution in [2.45, 2.75) is 18.4 Å². The molecular weight excluding hydrogens is 292 g/mol. The number of aliphatic hydroxyl groups is 1. The Labute approximate surface area is 131 Å². The van der Waals surface area contributed by atoms with Crippen LogP contribution in [0.25, 0.3) is 0 Å². The largest absolute Gasteiger partial charge is 0.396 e. The predicted octanol–water partition coefficient (Wildman–Crippen LogP) is 0.679. The molecule has 6 heteroatoms. The molecule has 2 atom stereocenters. The minimum Gasteiger partial charge on any atom is -0.396 e. The van der Waals surface area contributed by atoms with E-state index in [1.807, 2.05) is 30.3 Å². The number of rotatable bonds is 6. The fraction of sp³-hybridized carbons (Fsp3) is 0.533. The van der Waals surface area contributed by atoms with E-state index in [1.54, 1.807) is 0 Å². The van der Waals surface area contributed by atoms with E-state index in [2.05, 4.69) is 10.6 Å². The summed E-state index contributed by atoms with van der Waals surface area (Å²) in [6.07, 6.45) is 0.638. The summed E-state index contributed by atoms with van der Waals surface area (Å²) in [5, 5.41) is 15.2. The monoisotopic (exact) mass is 314 g/mol. The third kappa shape index (κ3) is 5.63. The van der Waals surface area contributed by atoms with Crippen LogP contribution in [-0.4, -0.2) is 50.0 Å². The summed E-state index contributed by atoms with van der Waals surface area (Å²) in [4.78, 5) is 12.0. The molecule has 0 bridgehead atoms. The van der Waals surface area contributed by atoms with Crippen LogP contribution in [0.2, 0.25) is 0 Å². The minimum absolute atomic E-state index is 0. The number of hydrogen-bond donors (Lipinski definition) is 3. The van der Waals surface area contributed by atoms with Crippen molar-refractivity contribution in [2.75, 3.05) is 32.9 Å². The molecule has 21 heavy (non-hydrogen) atoms. The van der Waals surface area contributed by atoms with Gasteiger partial charge in [0.1, 0.15) is 6.04 Å². The Morgan fingerprint density at radius 1 is 1.43 bits per heavy atom. The zero-order valence-electron chi connectivity index (χ0n) is 12.0. The van der Waals surface area contributed by atoms with Crippen LogP contribution < -0.4 is 10.6 Å². The molecule has 0 aromatic heterocycles. The molecule has 1 aliphatic rings. The fourth-order valence-electron chi connectivity index (χ4n) is 2.35. The van der Waals surface area contributed by atoms with Gasteiger partial charge in [0, 0.05) is 25.6 Å². The van der Waals surface area contributed by atoms with E-state index in [0.717, 1.165) is 5.56 Å². The first-order chi connectivity index (χ1) is 9.81. The predicted molar refractivity (Wildman–Crippen MR) is 83.8 cm³/mol. The number of aliphatic hydroxyl groups excluding tert-OH is 1. The number of amides is 1. The van der Waals surface area contributed by atoms with Gasteiger partial charge in [0.25, 0.3) is 0 Å². The highest BCUT2D eigenvalue weighted by molar-refractivity contribution is 5.85. The maximum absolute atomic E-state index is 12.0. The summed E-state index contributed by atoms with van der Waals surface area (Å²) < 4.78 is 5.28. The van der Waals surface area contributed by atoms with Crippen LogP contribution in [0.5, 0.6) is 0 Å². The molecule has 1 aliphatic heterocycles. The standard InChI is InChI=1S/C15H22N2O3.ClH/c18-8-6-13(12-4-2-1-3-5-12)10-17-15(19)14-11-20-9-7-16-14;/h1-5,13-14,16,18H,6-11H2,(H,17,19);1H. The van der Waals surface area contributed by atoms with Gasteiger partial charge in [-0.05, 0) is 12.0 Å². The quantitative estimate of drug-likeness (QED) is 0.722. The Morgan fingerprint density at radius 2 is 2.19 bits per heavy atom. The van der Waals surface area contributed by atoms with E-state index in [-0.39, 0.29) is 36.9 Å². The van der Waals surface area contributed by atoms with E-state index in [1.165, 1.54) is 0 Å². The Kier molecular flexibility index (Phi) is 8.30. The van der Waals surface area contributed by atoms with Gasteiger partial charge in [0.2, 0.25) is 5.91 Å². The lowest BCUT2D eigenvalue weighted by Crippen LogP contribution is -2.51. The second-order valence-electron chi connectivity index (χ2n) is 4.95. The molecule has 0 saturated carbocycles. The molecule has 3 N–H and O–H groups in total.